The zero-order valence-electron chi connectivity index (χ0n) is 24.0. The molecule has 2 heterocycles. The van der Waals surface area contributed by atoms with Crippen molar-refractivity contribution in [3.05, 3.63) is 155 Å². The fourth-order valence-corrected chi connectivity index (χ4v) is 6.24. The molecule has 0 bridgehead atoms. The van der Waals surface area contributed by atoms with Gasteiger partial charge in [-0.3, -0.25) is 4.98 Å². The number of hydrogen-bond donors (Lipinski definition) is 1. The van der Waals surface area contributed by atoms with Crippen LogP contribution in [0.3, 0.4) is 0 Å². The van der Waals surface area contributed by atoms with Gasteiger partial charge in [0.2, 0.25) is 0 Å². The smallest absolute Gasteiger partial charge is 0.159 e. The van der Waals surface area contributed by atoms with Crippen molar-refractivity contribution in [2.75, 3.05) is 0 Å². The molecule has 1 aliphatic heterocycles. The lowest BCUT2D eigenvalue weighted by atomic mass is 9.94. The van der Waals surface area contributed by atoms with Crippen LogP contribution in [0.15, 0.2) is 138 Å². The molecular formula is C39H30N4. The van der Waals surface area contributed by atoms with Crippen molar-refractivity contribution >= 4 is 39.4 Å². The molecule has 4 heteroatoms. The number of aliphatic imine (C=N–C) groups is 2. The van der Waals surface area contributed by atoms with Gasteiger partial charge in [0, 0.05) is 28.3 Å². The molecule has 1 N–H and O–H groups in total. The fourth-order valence-electron chi connectivity index (χ4n) is 6.24. The minimum Gasteiger partial charge on any atom is -0.342 e. The van der Waals surface area contributed by atoms with Gasteiger partial charge in [-0.05, 0) is 71.0 Å². The highest BCUT2D eigenvalue weighted by molar-refractivity contribution is 6.13. The molecule has 1 atom stereocenters. The summed E-state index contributed by atoms with van der Waals surface area (Å²) in [6.07, 6.45) is 8.41. The zero-order chi connectivity index (χ0) is 28.8. The van der Waals surface area contributed by atoms with Gasteiger partial charge in [0.15, 0.2) is 11.5 Å². The molecule has 1 aromatic heterocycles. The van der Waals surface area contributed by atoms with Gasteiger partial charge in [-0.1, -0.05) is 109 Å². The molecule has 5 aromatic carbocycles. The molecule has 8 rings (SSSR count). The van der Waals surface area contributed by atoms with E-state index in [2.05, 4.69) is 139 Å². The van der Waals surface area contributed by atoms with Crippen molar-refractivity contribution in [1.29, 1.82) is 0 Å². The summed E-state index contributed by atoms with van der Waals surface area (Å²) in [6, 6.07) is 40.7. The maximum Gasteiger partial charge on any atom is 0.159 e. The standard InChI is InChI=1S/C39H30N4/c1-39(34-22-21-27-9-3-5-11-32(27)25-34)42-37(41-38(43-39)33-20-15-26-8-2-4-10-31(26)24-33)30-18-16-28(17-19-30)35-14-6-12-29-13-7-23-40-36(29)35/h2-3,5-9,11-25H,4,10H2,1H3,(H,41,42,43). The maximum atomic E-state index is 5.28. The second kappa shape index (κ2) is 10.2. The Morgan fingerprint density at radius 1 is 0.698 bits per heavy atom. The molecular weight excluding hydrogens is 524 g/mol. The third-order valence-corrected chi connectivity index (χ3v) is 8.60. The number of benzene rings is 5. The summed E-state index contributed by atoms with van der Waals surface area (Å²) in [4.78, 5) is 15.1. The average molecular weight is 555 g/mol. The second-order valence-electron chi connectivity index (χ2n) is 11.5. The van der Waals surface area contributed by atoms with E-state index in [1.807, 2.05) is 12.3 Å². The highest BCUT2D eigenvalue weighted by atomic mass is 15.2. The second-order valence-corrected chi connectivity index (χ2v) is 11.5. The molecule has 206 valence electrons. The Hall–Kier alpha value is -5.35. The molecule has 0 fully saturated rings. The molecule has 0 saturated carbocycles. The van der Waals surface area contributed by atoms with Gasteiger partial charge < -0.3 is 5.32 Å². The van der Waals surface area contributed by atoms with E-state index in [1.54, 1.807) is 0 Å². The Labute approximate surface area is 251 Å². The minimum absolute atomic E-state index is 0.704. The predicted molar refractivity (Wildman–Crippen MR) is 178 cm³/mol. The van der Waals surface area contributed by atoms with Crippen molar-refractivity contribution in [3.8, 4) is 11.1 Å². The van der Waals surface area contributed by atoms with E-state index in [1.165, 1.54) is 21.9 Å². The van der Waals surface area contributed by atoms with Gasteiger partial charge in [-0.2, -0.15) is 0 Å². The van der Waals surface area contributed by atoms with Gasteiger partial charge in [-0.15, -0.1) is 0 Å². The van der Waals surface area contributed by atoms with Crippen molar-refractivity contribution in [3.63, 3.8) is 0 Å². The minimum atomic E-state index is -0.704. The van der Waals surface area contributed by atoms with Crippen LogP contribution in [0, 0.1) is 0 Å². The lowest BCUT2D eigenvalue weighted by Crippen LogP contribution is -2.46. The average Bonchev–Trinajstić information content (AvgIpc) is 3.07. The number of nitrogens with one attached hydrogen (secondary N) is 1. The van der Waals surface area contributed by atoms with E-state index in [4.69, 9.17) is 9.98 Å². The van der Waals surface area contributed by atoms with Crippen LogP contribution < -0.4 is 5.32 Å². The number of nitrogens with zero attached hydrogens (tertiary/aromatic N) is 3. The van der Waals surface area contributed by atoms with Gasteiger partial charge in [0.1, 0.15) is 5.84 Å². The molecule has 1 unspecified atom stereocenters. The molecule has 4 nitrogen and oxygen atoms in total. The van der Waals surface area contributed by atoms with Crippen LogP contribution in [-0.4, -0.2) is 16.7 Å². The number of aromatic nitrogens is 1. The Balaban J connectivity index is 1.23. The fraction of sp³-hybridized carbons (Fsp3) is 0.103. The van der Waals surface area contributed by atoms with Crippen LogP contribution in [0.5, 0.6) is 0 Å². The van der Waals surface area contributed by atoms with Crippen LogP contribution in [0.2, 0.25) is 0 Å². The lowest BCUT2D eigenvalue weighted by molar-refractivity contribution is 0.455. The highest BCUT2D eigenvalue weighted by Gasteiger charge is 2.32. The summed E-state index contributed by atoms with van der Waals surface area (Å²) in [5.41, 5.74) is 8.32. The zero-order valence-corrected chi connectivity index (χ0v) is 24.0. The van der Waals surface area contributed by atoms with E-state index in [0.717, 1.165) is 63.2 Å². The first-order valence-electron chi connectivity index (χ1n) is 14.8. The van der Waals surface area contributed by atoms with E-state index >= 15 is 0 Å². The summed E-state index contributed by atoms with van der Waals surface area (Å²) in [6.45, 7) is 2.14. The van der Waals surface area contributed by atoms with Crippen LogP contribution >= 0.6 is 0 Å². The Morgan fingerprint density at radius 2 is 1.49 bits per heavy atom. The monoisotopic (exact) mass is 554 g/mol. The SMILES string of the molecule is CC1(c2ccc3ccccc3c2)N=C(c2ccc3c(c2)CCC=C3)N=C(c2ccc(-c3cccc4cccnc34)cc2)N1. The number of rotatable bonds is 4. The van der Waals surface area contributed by atoms with Crippen LogP contribution in [0.4, 0.5) is 0 Å². The quantitative estimate of drug-likeness (QED) is 0.237. The first-order valence-corrected chi connectivity index (χ1v) is 14.8. The van der Waals surface area contributed by atoms with Crippen molar-refractivity contribution in [1.82, 2.24) is 10.3 Å². The number of amidine groups is 2. The third kappa shape index (κ3) is 4.61. The van der Waals surface area contributed by atoms with Crippen LogP contribution in [0.25, 0.3) is 38.9 Å². The van der Waals surface area contributed by atoms with Crippen LogP contribution in [-0.2, 0) is 12.1 Å². The summed E-state index contributed by atoms with van der Waals surface area (Å²) in [7, 11) is 0. The lowest BCUT2D eigenvalue weighted by Gasteiger charge is -2.33. The van der Waals surface area contributed by atoms with Gasteiger partial charge >= 0.3 is 0 Å². The summed E-state index contributed by atoms with van der Waals surface area (Å²) < 4.78 is 0. The topological polar surface area (TPSA) is 49.6 Å². The molecule has 43 heavy (non-hydrogen) atoms. The number of pyridine rings is 1. The number of hydrogen-bond acceptors (Lipinski definition) is 4. The number of fused-ring (bicyclic) bond motifs is 3. The third-order valence-electron chi connectivity index (χ3n) is 8.60. The predicted octanol–water partition coefficient (Wildman–Crippen LogP) is 8.68. The van der Waals surface area contributed by atoms with Crippen molar-refractivity contribution in [2.24, 2.45) is 9.98 Å². The largest absolute Gasteiger partial charge is 0.342 e. The first kappa shape index (κ1) is 25.4. The van der Waals surface area contributed by atoms with Crippen molar-refractivity contribution in [2.45, 2.75) is 25.4 Å². The number of aryl methyl sites for hydroxylation is 1. The first-order chi connectivity index (χ1) is 21.1. The van der Waals surface area contributed by atoms with Crippen LogP contribution in [0.1, 0.15) is 41.2 Å². The van der Waals surface area contributed by atoms with E-state index in [9.17, 15) is 0 Å². The molecule has 6 aromatic rings. The summed E-state index contributed by atoms with van der Waals surface area (Å²) in [5, 5.41) is 7.26. The van der Waals surface area contributed by atoms with E-state index in [-0.39, 0.29) is 0 Å². The van der Waals surface area contributed by atoms with Gasteiger partial charge in [0.05, 0.1) is 5.52 Å². The maximum absolute atomic E-state index is 5.28. The molecule has 1 aliphatic carbocycles. The summed E-state index contributed by atoms with van der Waals surface area (Å²) in [5.74, 6) is 1.55. The summed E-state index contributed by atoms with van der Waals surface area (Å²) >= 11 is 0. The molecule has 0 saturated heterocycles. The Morgan fingerprint density at radius 3 is 2.40 bits per heavy atom. The van der Waals surface area contributed by atoms with E-state index in [0.29, 0.717) is 0 Å². The molecule has 0 spiro atoms. The highest BCUT2D eigenvalue weighted by Crippen LogP contribution is 2.32. The Kier molecular flexibility index (Phi) is 6.00. The van der Waals surface area contributed by atoms with Gasteiger partial charge in [0.25, 0.3) is 0 Å². The number of para-hydroxylation sites is 1. The molecule has 0 amide bonds. The van der Waals surface area contributed by atoms with E-state index < -0.39 is 5.66 Å². The van der Waals surface area contributed by atoms with Crippen molar-refractivity contribution < 1.29 is 0 Å². The number of allylic oxidation sites excluding steroid dienone is 1. The Bertz CT molecular complexity index is 2110. The normalized spacial score (nSPS) is 17.7. The molecule has 2 aliphatic rings. The van der Waals surface area contributed by atoms with Gasteiger partial charge in [-0.25, -0.2) is 9.98 Å². The molecule has 0 radical (unpaired) electrons.